The molecule has 3 N–H and O–H groups in total. The molecule has 3 aromatic rings. The Labute approximate surface area is 149 Å². The second-order valence-electron chi connectivity index (χ2n) is 5.59. The number of carbonyl (C=O) groups excluding carboxylic acids is 1. The lowest BCUT2D eigenvalue weighted by molar-refractivity contribution is 0.189. The molecular weight excluding hydrogens is 336 g/mol. The minimum atomic E-state index is -0.734. The molecule has 0 aliphatic rings. The number of aromatic nitrogens is 4. The number of urea groups is 1. The van der Waals surface area contributed by atoms with E-state index in [1.165, 1.54) is 0 Å². The minimum Gasteiger partial charge on any atom is -0.404 e. The summed E-state index contributed by atoms with van der Waals surface area (Å²) in [6, 6.07) is 1.39. The van der Waals surface area contributed by atoms with Crippen molar-refractivity contribution in [1.82, 2.24) is 25.3 Å². The van der Waals surface area contributed by atoms with Crippen molar-refractivity contribution in [1.29, 1.82) is 0 Å². The van der Waals surface area contributed by atoms with Gasteiger partial charge in [-0.1, -0.05) is 6.08 Å². The number of hydrogen-bond donors (Lipinski definition) is 3. The third kappa shape index (κ3) is 3.67. The predicted octanol–water partition coefficient (Wildman–Crippen LogP) is 2.35. The molecule has 0 saturated heterocycles. The Morgan fingerprint density at radius 3 is 2.77 bits per heavy atom. The Balaban J connectivity index is 1.89. The van der Waals surface area contributed by atoms with Gasteiger partial charge in [-0.05, 0) is 19.9 Å². The number of aliphatic hydroxyl groups excluding tert-OH is 1. The molecule has 1 unspecified atom stereocenters. The molecule has 0 aliphatic carbocycles. The standard InChI is InChI=1S/C17H18N6O3/c1-4-5-18-16(25)23-17-22-13-6-12(9(2)21-15(13)26-17)11-7-19-14(10(3)24)20-8-11/h4,6-8,10,24H,1,5H2,2-3H3,(H2,18,22,23,25). The van der Waals surface area contributed by atoms with Crippen molar-refractivity contribution in [2.75, 3.05) is 11.9 Å². The summed E-state index contributed by atoms with van der Waals surface area (Å²) < 4.78 is 5.46. The number of anilines is 1. The Kier molecular flexibility index (Phi) is 4.90. The molecule has 2 amide bonds. The molecule has 3 rings (SSSR count). The zero-order valence-corrected chi connectivity index (χ0v) is 14.4. The number of pyridine rings is 1. The molecule has 0 spiro atoms. The summed E-state index contributed by atoms with van der Waals surface area (Å²) in [5, 5.41) is 14.6. The van der Waals surface area contributed by atoms with Crippen LogP contribution in [0.25, 0.3) is 22.4 Å². The lowest BCUT2D eigenvalue weighted by Crippen LogP contribution is -2.28. The summed E-state index contributed by atoms with van der Waals surface area (Å²) >= 11 is 0. The first-order chi connectivity index (χ1) is 12.5. The number of aryl methyl sites for hydroxylation is 1. The number of nitrogens with one attached hydrogen (secondary N) is 2. The van der Waals surface area contributed by atoms with E-state index in [0.717, 1.165) is 11.1 Å². The van der Waals surface area contributed by atoms with Crippen LogP contribution in [0.3, 0.4) is 0 Å². The second-order valence-corrected chi connectivity index (χ2v) is 5.59. The van der Waals surface area contributed by atoms with E-state index < -0.39 is 12.1 Å². The molecule has 0 aromatic carbocycles. The molecule has 9 nitrogen and oxygen atoms in total. The summed E-state index contributed by atoms with van der Waals surface area (Å²) in [6.07, 6.45) is 4.06. The third-order valence-electron chi connectivity index (χ3n) is 3.56. The molecule has 0 fully saturated rings. The van der Waals surface area contributed by atoms with Gasteiger partial charge in [-0.3, -0.25) is 5.32 Å². The van der Waals surface area contributed by atoms with Crippen LogP contribution in [0.2, 0.25) is 0 Å². The monoisotopic (exact) mass is 354 g/mol. The predicted molar refractivity (Wildman–Crippen MR) is 95.4 cm³/mol. The number of nitrogens with zero attached hydrogens (tertiary/aromatic N) is 4. The van der Waals surface area contributed by atoms with E-state index in [-0.39, 0.29) is 6.01 Å². The molecule has 0 saturated carbocycles. The molecule has 3 heterocycles. The second kappa shape index (κ2) is 7.28. The summed E-state index contributed by atoms with van der Waals surface area (Å²) in [4.78, 5) is 28.6. The van der Waals surface area contributed by atoms with Crippen LogP contribution >= 0.6 is 0 Å². The molecule has 3 aromatic heterocycles. The van der Waals surface area contributed by atoms with Crippen molar-refractivity contribution in [2.24, 2.45) is 0 Å². The highest BCUT2D eigenvalue weighted by atomic mass is 16.4. The molecule has 134 valence electrons. The highest BCUT2D eigenvalue weighted by Gasteiger charge is 2.14. The summed E-state index contributed by atoms with van der Waals surface area (Å²) in [5.41, 5.74) is 3.02. The lowest BCUT2D eigenvalue weighted by Gasteiger charge is -2.06. The van der Waals surface area contributed by atoms with Gasteiger partial charge in [0.25, 0.3) is 0 Å². The van der Waals surface area contributed by atoms with E-state index in [4.69, 9.17) is 4.42 Å². The van der Waals surface area contributed by atoms with Crippen LogP contribution in [0.15, 0.2) is 35.5 Å². The van der Waals surface area contributed by atoms with Crippen LogP contribution in [0.4, 0.5) is 10.8 Å². The first-order valence-corrected chi connectivity index (χ1v) is 7.92. The normalized spacial score (nSPS) is 12.0. The lowest BCUT2D eigenvalue weighted by atomic mass is 10.1. The fourth-order valence-electron chi connectivity index (χ4n) is 2.30. The third-order valence-corrected chi connectivity index (χ3v) is 3.56. The van der Waals surface area contributed by atoms with E-state index in [1.807, 2.05) is 6.92 Å². The van der Waals surface area contributed by atoms with Crippen molar-refractivity contribution in [2.45, 2.75) is 20.0 Å². The van der Waals surface area contributed by atoms with Crippen LogP contribution < -0.4 is 10.6 Å². The first kappa shape index (κ1) is 17.5. The number of oxazole rings is 1. The van der Waals surface area contributed by atoms with Crippen molar-refractivity contribution >= 4 is 23.3 Å². The van der Waals surface area contributed by atoms with Crippen molar-refractivity contribution < 1.29 is 14.3 Å². The van der Waals surface area contributed by atoms with Crippen LogP contribution in [-0.4, -0.2) is 37.6 Å². The topological polar surface area (TPSA) is 126 Å². The number of rotatable bonds is 5. The number of carbonyl (C=O) groups is 1. The molecular formula is C17H18N6O3. The number of fused-ring (bicyclic) bond motifs is 1. The van der Waals surface area contributed by atoms with E-state index in [0.29, 0.717) is 29.3 Å². The molecule has 26 heavy (non-hydrogen) atoms. The molecule has 1 atom stereocenters. The fourth-order valence-corrected chi connectivity index (χ4v) is 2.30. The van der Waals surface area contributed by atoms with Crippen LogP contribution in [0.1, 0.15) is 24.5 Å². The maximum atomic E-state index is 11.7. The minimum absolute atomic E-state index is 0.0475. The van der Waals surface area contributed by atoms with Gasteiger partial charge in [-0.25, -0.2) is 19.7 Å². The number of aliphatic hydroxyl groups is 1. The number of hydrogen-bond acceptors (Lipinski definition) is 7. The van der Waals surface area contributed by atoms with Gasteiger partial charge in [-0.15, -0.1) is 6.58 Å². The first-order valence-electron chi connectivity index (χ1n) is 7.92. The Morgan fingerprint density at radius 1 is 1.38 bits per heavy atom. The zero-order chi connectivity index (χ0) is 18.7. The van der Waals surface area contributed by atoms with Gasteiger partial charge in [-0.2, -0.15) is 4.98 Å². The van der Waals surface area contributed by atoms with Gasteiger partial charge in [0.15, 0.2) is 5.82 Å². The SMILES string of the molecule is C=CCNC(=O)Nc1nc2cc(-c3cnc(C(C)O)nc3)c(C)nc2o1. The van der Waals surface area contributed by atoms with Gasteiger partial charge < -0.3 is 14.8 Å². The Morgan fingerprint density at radius 2 is 2.12 bits per heavy atom. The van der Waals surface area contributed by atoms with Crippen molar-refractivity contribution in [3.8, 4) is 11.1 Å². The van der Waals surface area contributed by atoms with E-state index in [2.05, 4.69) is 37.1 Å². The van der Waals surface area contributed by atoms with Gasteiger partial charge in [0.2, 0.25) is 5.71 Å². The quantitative estimate of drug-likeness (QED) is 0.600. The zero-order valence-electron chi connectivity index (χ0n) is 14.4. The Hall–Kier alpha value is -3.33. The highest BCUT2D eigenvalue weighted by molar-refractivity contribution is 5.88. The summed E-state index contributed by atoms with van der Waals surface area (Å²) in [6.45, 7) is 7.27. The van der Waals surface area contributed by atoms with Crippen molar-refractivity contribution in [3.05, 3.63) is 42.6 Å². The van der Waals surface area contributed by atoms with Gasteiger partial charge in [0.1, 0.15) is 11.6 Å². The molecule has 0 radical (unpaired) electrons. The molecule has 9 heteroatoms. The number of amides is 2. The largest absolute Gasteiger partial charge is 0.404 e. The van der Waals surface area contributed by atoms with E-state index >= 15 is 0 Å². The fraction of sp³-hybridized carbons (Fsp3) is 0.235. The average molecular weight is 354 g/mol. The molecule has 0 bridgehead atoms. The van der Waals surface area contributed by atoms with Crippen LogP contribution in [0.5, 0.6) is 0 Å². The smallest absolute Gasteiger partial charge is 0.323 e. The average Bonchev–Trinajstić information content (AvgIpc) is 3.00. The molecule has 0 aliphatic heterocycles. The van der Waals surface area contributed by atoms with Gasteiger partial charge >= 0.3 is 12.0 Å². The maximum Gasteiger partial charge on any atom is 0.323 e. The van der Waals surface area contributed by atoms with Crippen LogP contribution in [0, 0.1) is 6.92 Å². The summed E-state index contributed by atoms with van der Waals surface area (Å²) in [7, 11) is 0. The maximum absolute atomic E-state index is 11.7. The van der Waals surface area contributed by atoms with Gasteiger partial charge in [0.05, 0.1) is 0 Å². The highest BCUT2D eigenvalue weighted by Crippen LogP contribution is 2.27. The van der Waals surface area contributed by atoms with Gasteiger partial charge in [0, 0.05) is 35.8 Å². The van der Waals surface area contributed by atoms with E-state index in [9.17, 15) is 9.90 Å². The summed E-state index contributed by atoms with van der Waals surface area (Å²) in [5.74, 6) is 0.346. The van der Waals surface area contributed by atoms with E-state index in [1.54, 1.807) is 31.5 Å². The van der Waals surface area contributed by atoms with Crippen LogP contribution in [-0.2, 0) is 0 Å². The Bertz CT molecular complexity index is 949. The van der Waals surface area contributed by atoms with Crippen molar-refractivity contribution in [3.63, 3.8) is 0 Å².